The van der Waals surface area contributed by atoms with Gasteiger partial charge in [-0.3, -0.25) is 9.55 Å². The molecule has 0 bridgehead atoms. The van der Waals surface area contributed by atoms with Crippen molar-refractivity contribution in [3.05, 3.63) is 40.4 Å². The van der Waals surface area contributed by atoms with Crippen LogP contribution in [0.15, 0.2) is 29.1 Å². The molecule has 2 aromatic heterocycles. The van der Waals surface area contributed by atoms with E-state index in [1.54, 1.807) is 11.7 Å². The Morgan fingerprint density at radius 1 is 1.32 bits per heavy atom. The smallest absolute Gasteiger partial charge is 0.326 e. The summed E-state index contributed by atoms with van der Waals surface area (Å²) in [6, 6.07) is 7.98. The number of pyridine rings is 1. The van der Waals surface area contributed by atoms with E-state index in [1.807, 2.05) is 31.3 Å². The molecular formula is C17H19N3O2. The highest BCUT2D eigenvalue weighted by molar-refractivity contribution is 6.03. The Morgan fingerprint density at radius 2 is 2.14 bits per heavy atom. The van der Waals surface area contributed by atoms with Gasteiger partial charge in [0.05, 0.1) is 28.3 Å². The van der Waals surface area contributed by atoms with E-state index >= 15 is 0 Å². The quantitative estimate of drug-likeness (QED) is 0.791. The van der Waals surface area contributed by atoms with Crippen LogP contribution in [0.4, 0.5) is 0 Å². The van der Waals surface area contributed by atoms with Gasteiger partial charge < -0.3 is 9.72 Å². The molecule has 4 rings (SSSR count). The molecule has 114 valence electrons. The second-order valence-electron chi connectivity index (χ2n) is 6.09. The third-order valence-corrected chi connectivity index (χ3v) is 4.87. The molecule has 1 aliphatic carbocycles. The molecule has 1 saturated carbocycles. The van der Waals surface area contributed by atoms with E-state index in [9.17, 15) is 4.79 Å². The normalized spacial score (nSPS) is 21.9. The van der Waals surface area contributed by atoms with Crippen molar-refractivity contribution in [1.29, 1.82) is 0 Å². The molecule has 2 heterocycles. The Kier molecular flexibility index (Phi) is 3.04. The number of imidazole rings is 1. The van der Waals surface area contributed by atoms with Crippen molar-refractivity contribution < 1.29 is 4.74 Å². The van der Waals surface area contributed by atoms with Crippen molar-refractivity contribution in [2.45, 2.75) is 31.3 Å². The molecule has 1 N–H and O–H groups in total. The fourth-order valence-electron chi connectivity index (χ4n) is 3.67. The van der Waals surface area contributed by atoms with Crippen LogP contribution in [0.25, 0.3) is 21.9 Å². The number of H-pyrrole nitrogens is 1. The summed E-state index contributed by atoms with van der Waals surface area (Å²) >= 11 is 0. The number of fused-ring (bicyclic) bond motifs is 3. The molecule has 0 amide bonds. The zero-order valence-electron chi connectivity index (χ0n) is 12.8. The van der Waals surface area contributed by atoms with Crippen molar-refractivity contribution in [1.82, 2.24) is 14.5 Å². The Hall–Kier alpha value is -2.14. The minimum Gasteiger partial charge on any atom is -0.381 e. The van der Waals surface area contributed by atoms with E-state index in [0.29, 0.717) is 12.0 Å². The van der Waals surface area contributed by atoms with Gasteiger partial charge >= 0.3 is 5.69 Å². The largest absolute Gasteiger partial charge is 0.381 e. The number of para-hydroxylation sites is 1. The minimum absolute atomic E-state index is 0.0873. The maximum atomic E-state index is 12.1. The summed E-state index contributed by atoms with van der Waals surface area (Å²) < 4.78 is 7.18. The lowest BCUT2D eigenvalue weighted by Crippen LogP contribution is -2.13. The molecule has 5 nitrogen and oxygen atoms in total. The summed E-state index contributed by atoms with van der Waals surface area (Å²) in [6.07, 6.45) is 3.37. The molecule has 2 atom stereocenters. The van der Waals surface area contributed by atoms with Crippen molar-refractivity contribution in [3.8, 4) is 0 Å². The van der Waals surface area contributed by atoms with E-state index < -0.39 is 0 Å². The molecule has 5 heteroatoms. The van der Waals surface area contributed by atoms with Gasteiger partial charge in [0, 0.05) is 25.5 Å². The number of aryl methyl sites for hydroxylation is 1. The van der Waals surface area contributed by atoms with Crippen LogP contribution in [0, 0.1) is 0 Å². The highest BCUT2D eigenvalue weighted by Gasteiger charge is 2.29. The third kappa shape index (κ3) is 1.89. The topological polar surface area (TPSA) is 59.9 Å². The van der Waals surface area contributed by atoms with Gasteiger partial charge in [-0.25, -0.2) is 4.79 Å². The van der Waals surface area contributed by atoms with Crippen LogP contribution in [0.5, 0.6) is 0 Å². The number of hydrogen-bond acceptors (Lipinski definition) is 3. The first-order chi connectivity index (χ1) is 10.7. The van der Waals surface area contributed by atoms with Crippen molar-refractivity contribution in [3.63, 3.8) is 0 Å². The Bertz CT molecular complexity index is 909. The molecule has 0 saturated heterocycles. The summed E-state index contributed by atoms with van der Waals surface area (Å²) in [6.45, 7) is 0. The fraction of sp³-hybridized carbons (Fsp3) is 0.412. The van der Waals surface area contributed by atoms with Crippen molar-refractivity contribution >= 4 is 21.9 Å². The molecule has 0 radical (unpaired) electrons. The number of nitrogens with zero attached hydrogens (tertiary/aromatic N) is 2. The van der Waals surface area contributed by atoms with Gasteiger partial charge in [-0.05, 0) is 25.3 Å². The monoisotopic (exact) mass is 297 g/mol. The van der Waals surface area contributed by atoms with E-state index in [0.717, 1.165) is 46.9 Å². The maximum absolute atomic E-state index is 12.1. The molecule has 1 fully saturated rings. The molecule has 1 aliphatic rings. The average Bonchev–Trinajstić information content (AvgIpc) is 3.13. The van der Waals surface area contributed by atoms with Crippen LogP contribution < -0.4 is 5.69 Å². The summed E-state index contributed by atoms with van der Waals surface area (Å²) in [4.78, 5) is 20.0. The van der Waals surface area contributed by atoms with E-state index in [2.05, 4.69) is 4.98 Å². The van der Waals surface area contributed by atoms with E-state index in [4.69, 9.17) is 9.72 Å². The number of nitrogens with one attached hydrogen (secondary N) is 1. The molecule has 0 aliphatic heterocycles. The van der Waals surface area contributed by atoms with Crippen molar-refractivity contribution in [2.24, 2.45) is 7.05 Å². The van der Waals surface area contributed by atoms with Gasteiger partial charge in [-0.2, -0.15) is 0 Å². The zero-order chi connectivity index (χ0) is 15.3. The van der Waals surface area contributed by atoms with Crippen LogP contribution in [0.3, 0.4) is 0 Å². The Morgan fingerprint density at radius 3 is 2.91 bits per heavy atom. The van der Waals surface area contributed by atoms with E-state index in [1.165, 1.54) is 0 Å². The number of benzene rings is 1. The summed E-state index contributed by atoms with van der Waals surface area (Å²) in [5.41, 5.74) is 3.71. The fourth-order valence-corrected chi connectivity index (χ4v) is 3.67. The first kappa shape index (κ1) is 13.5. The van der Waals surface area contributed by atoms with Gasteiger partial charge in [0.15, 0.2) is 0 Å². The Balaban J connectivity index is 2.01. The highest BCUT2D eigenvalue weighted by Crippen LogP contribution is 2.38. The summed E-state index contributed by atoms with van der Waals surface area (Å²) in [7, 11) is 3.58. The van der Waals surface area contributed by atoms with Crippen LogP contribution in [0.2, 0.25) is 0 Å². The molecular weight excluding hydrogens is 278 g/mol. The molecule has 0 unspecified atom stereocenters. The number of aromatic amines is 1. The van der Waals surface area contributed by atoms with Gasteiger partial charge in [0.2, 0.25) is 0 Å². The SMILES string of the molecule is CO[C@H]1CC[C@H](c2nc3ccccc3c3[nH]c(=O)n(C)c23)C1. The van der Waals surface area contributed by atoms with Crippen LogP contribution in [-0.2, 0) is 11.8 Å². The predicted molar refractivity (Wildman–Crippen MR) is 86.2 cm³/mol. The number of ether oxygens (including phenoxy) is 1. The first-order valence-electron chi connectivity index (χ1n) is 7.69. The summed E-state index contributed by atoms with van der Waals surface area (Å²) in [5, 5.41) is 1.00. The third-order valence-electron chi connectivity index (χ3n) is 4.87. The second-order valence-corrected chi connectivity index (χ2v) is 6.09. The lowest BCUT2D eigenvalue weighted by molar-refractivity contribution is 0.108. The number of aromatic nitrogens is 3. The highest BCUT2D eigenvalue weighted by atomic mass is 16.5. The standard InChI is InChI=1S/C17H19N3O2/c1-20-16-14(10-7-8-11(9-10)22-2)18-13-6-4-3-5-12(13)15(16)19-17(20)21/h3-6,10-11H,7-9H2,1-2H3,(H,19,21)/t10-,11-/m0/s1. The molecule has 22 heavy (non-hydrogen) atoms. The van der Waals surface area contributed by atoms with Crippen molar-refractivity contribution in [2.75, 3.05) is 7.11 Å². The number of rotatable bonds is 2. The molecule has 3 aromatic rings. The first-order valence-corrected chi connectivity index (χ1v) is 7.69. The van der Waals surface area contributed by atoms with Gasteiger partial charge in [0.1, 0.15) is 0 Å². The number of hydrogen-bond donors (Lipinski definition) is 1. The lowest BCUT2D eigenvalue weighted by atomic mass is 10.00. The predicted octanol–water partition coefficient (Wildman–Crippen LogP) is 2.70. The Labute approximate surface area is 127 Å². The van der Waals surface area contributed by atoms with Gasteiger partial charge in [0.25, 0.3) is 0 Å². The minimum atomic E-state index is -0.0873. The molecule has 1 aromatic carbocycles. The second kappa shape index (κ2) is 4.95. The number of methoxy groups -OCH3 is 1. The molecule has 0 spiro atoms. The van der Waals surface area contributed by atoms with Crippen LogP contribution in [-0.4, -0.2) is 27.7 Å². The van der Waals surface area contributed by atoms with Gasteiger partial charge in [-0.15, -0.1) is 0 Å². The van der Waals surface area contributed by atoms with Crippen LogP contribution in [0.1, 0.15) is 30.9 Å². The zero-order valence-corrected chi connectivity index (χ0v) is 12.8. The van der Waals surface area contributed by atoms with Crippen LogP contribution >= 0.6 is 0 Å². The summed E-state index contributed by atoms with van der Waals surface area (Å²) in [5.74, 6) is 0.346. The van der Waals surface area contributed by atoms with Gasteiger partial charge in [-0.1, -0.05) is 18.2 Å². The lowest BCUT2D eigenvalue weighted by Gasteiger charge is -2.13. The maximum Gasteiger partial charge on any atom is 0.326 e. The van der Waals surface area contributed by atoms with E-state index in [-0.39, 0.29) is 5.69 Å². The average molecular weight is 297 g/mol.